The zero-order valence-corrected chi connectivity index (χ0v) is 18.3. The Kier molecular flexibility index (Phi) is 6.26. The molecule has 0 saturated heterocycles. The molecule has 0 spiro atoms. The Morgan fingerprint density at radius 2 is 1.71 bits per heavy atom. The number of halogens is 3. The van der Waals surface area contributed by atoms with Crippen LogP contribution < -0.4 is 10.6 Å². The van der Waals surface area contributed by atoms with Crippen molar-refractivity contribution in [2.45, 2.75) is 19.5 Å². The number of nitrogens with zero attached hydrogens (tertiary/aromatic N) is 5. The molecule has 0 unspecified atom stereocenters. The highest BCUT2D eigenvalue weighted by atomic mass is 19.4. The van der Waals surface area contributed by atoms with Crippen molar-refractivity contribution in [3.05, 3.63) is 78.3 Å². The molecule has 11 heteroatoms. The molecule has 4 rings (SSSR count). The van der Waals surface area contributed by atoms with Gasteiger partial charge in [0.1, 0.15) is 0 Å². The summed E-state index contributed by atoms with van der Waals surface area (Å²) in [6.45, 7) is 1.27. The number of hydrogen-bond donors (Lipinski definition) is 2. The van der Waals surface area contributed by atoms with E-state index >= 15 is 0 Å². The maximum absolute atomic E-state index is 13.0. The van der Waals surface area contributed by atoms with Crippen LogP contribution in [0, 0.1) is 6.92 Å². The van der Waals surface area contributed by atoms with Gasteiger partial charge in [-0.3, -0.25) is 9.78 Å². The van der Waals surface area contributed by atoms with Crippen LogP contribution in [0.15, 0.2) is 61.4 Å². The molecule has 0 radical (unpaired) electrons. The van der Waals surface area contributed by atoms with Crippen LogP contribution in [0.4, 0.5) is 30.6 Å². The molecule has 34 heavy (non-hydrogen) atoms. The summed E-state index contributed by atoms with van der Waals surface area (Å²) in [6.07, 6.45) is 3.47. The molecule has 174 valence electrons. The minimum atomic E-state index is -4.54. The molecule has 8 nitrogen and oxygen atoms in total. The first-order chi connectivity index (χ1) is 16.2. The number of benzene rings is 1. The Labute approximate surface area is 192 Å². The fraction of sp³-hybridized carbons (Fsp3) is 0.174. The SMILES string of the molecule is Cc1ncc(NC(=O)Cc2ccc(-c3cnc(Nc4cn(C)cn4)nc3)cc2)cc1C(F)(F)F. The fourth-order valence-corrected chi connectivity index (χ4v) is 3.23. The molecular weight excluding hydrogens is 447 g/mol. The van der Waals surface area contributed by atoms with E-state index in [2.05, 4.69) is 30.6 Å². The quantitative estimate of drug-likeness (QED) is 0.433. The number of amides is 1. The standard InChI is InChI=1S/C23H20F3N7O/c1-14-19(23(24,25)26)8-18(11-27-14)31-21(34)7-15-3-5-16(6-4-15)17-9-28-22(29-10-17)32-20-12-33(2)13-30-20/h3-6,8-13H,7H2,1-2H3,(H,31,34)(H,28,29,32). The first-order valence-electron chi connectivity index (χ1n) is 10.2. The average Bonchev–Trinajstić information content (AvgIpc) is 3.20. The lowest BCUT2D eigenvalue weighted by molar-refractivity contribution is -0.138. The van der Waals surface area contributed by atoms with Crippen molar-refractivity contribution in [1.82, 2.24) is 24.5 Å². The van der Waals surface area contributed by atoms with Crippen LogP contribution in [0.1, 0.15) is 16.8 Å². The van der Waals surface area contributed by atoms with Gasteiger partial charge in [-0.05, 0) is 24.1 Å². The number of alkyl halides is 3. The van der Waals surface area contributed by atoms with Crippen LogP contribution in [0.2, 0.25) is 0 Å². The summed E-state index contributed by atoms with van der Waals surface area (Å²) >= 11 is 0. The van der Waals surface area contributed by atoms with E-state index in [0.717, 1.165) is 17.2 Å². The minimum Gasteiger partial charge on any atom is -0.338 e. The van der Waals surface area contributed by atoms with E-state index in [9.17, 15) is 18.0 Å². The van der Waals surface area contributed by atoms with E-state index in [0.29, 0.717) is 17.3 Å². The van der Waals surface area contributed by atoms with Crippen molar-refractivity contribution in [3.63, 3.8) is 0 Å². The van der Waals surface area contributed by atoms with Crippen molar-refractivity contribution in [1.29, 1.82) is 0 Å². The highest BCUT2D eigenvalue weighted by molar-refractivity contribution is 5.92. The number of aromatic nitrogens is 5. The van der Waals surface area contributed by atoms with Gasteiger partial charge in [0.15, 0.2) is 5.82 Å². The third kappa shape index (κ3) is 5.55. The van der Waals surface area contributed by atoms with E-state index in [1.807, 2.05) is 19.2 Å². The first kappa shape index (κ1) is 22.9. The monoisotopic (exact) mass is 467 g/mol. The van der Waals surface area contributed by atoms with Crippen molar-refractivity contribution >= 4 is 23.4 Å². The van der Waals surface area contributed by atoms with Crippen LogP contribution in [-0.4, -0.2) is 30.4 Å². The molecule has 0 atom stereocenters. The van der Waals surface area contributed by atoms with E-state index in [-0.39, 0.29) is 17.8 Å². The summed E-state index contributed by atoms with van der Waals surface area (Å²) in [7, 11) is 1.86. The molecule has 0 aliphatic rings. The lowest BCUT2D eigenvalue weighted by Crippen LogP contribution is -2.16. The summed E-state index contributed by atoms with van der Waals surface area (Å²) < 4.78 is 40.9. The summed E-state index contributed by atoms with van der Waals surface area (Å²) in [6, 6.07) is 8.06. The molecule has 3 heterocycles. The number of hydrogen-bond acceptors (Lipinski definition) is 6. The fourth-order valence-electron chi connectivity index (χ4n) is 3.23. The predicted octanol–water partition coefficient (Wildman–Crippen LogP) is 4.52. The molecule has 0 saturated carbocycles. The molecule has 0 aliphatic heterocycles. The number of pyridine rings is 1. The van der Waals surface area contributed by atoms with Crippen LogP contribution in [0.3, 0.4) is 0 Å². The van der Waals surface area contributed by atoms with Crippen molar-refractivity contribution < 1.29 is 18.0 Å². The molecule has 3 aromatic heterocycles. The van der Waals surface area contributed by atoms with Gasteiger partial charge in [0.2, 0.25) is 11.9 Å². The van der Waals surface area contributed by atoms with Gasteiger partial charge in [-0.25, -0.2) is 15.0 Å². The lowest BCUT2D eigenvalue weighted by atomic mass is 10.0. The van der Waals surface area contributed by atoms with Crippen LogP contribution >= 0.6 is 0 Å². The van der Waals surface area contributed by atoms with Gasteiger partial charge in [0.25, 0.3) is 0 Å². The first-order valence-corrected chi connectivity index (χ1v) is 10.2. The van der Waals surface area contributed by atoms with E-state index in [1.165, 1.54) is 13.1 Å². The number of imidazole rings is 1. The molecule has 1 aromatic carbocycles. The summed E-state index contributed by atoms with van der Waals surface area (Å²) in [4.78, 5) is 28.8. The Hall–Kier alpha value is -4.28. The van der Waals surface area contributed by atoms with E-state index in [1.54, 1.807) is 41.6 Å². The number of rotatable bonds is 6. The van der Waals surface area contributed by atoms with E-state index in [4.69, 9.17) is 0 Å². The Balaban J connectivity index is 1.37. The lowest BCUT2D eigenvalue weighted by Gasteiger charge is -2.12. The van der Waals surface area contributed by atoms with E-state index < -0.39 is 17.6 Å². The van der Waals surface area contributed by atoms with Gasteiger partial charge in [-0.2, -0.15) is 13.2 Å². The molecule has 1 amide bonds. The molecule has 0 aliphatic carbocycles. The molecule has 2 N–H and O–H groups in total. The second-order valence-electron chi connectivity index (χ2n) is 7.62. The van der Waals surface area contributed by atoms with Gasteiger partial charge in [-0.15, -0.1) is 0 Å². The van der Waals surface area contributed by atoms with Gasteiger partial charge < -0.3 is 15.2 Å². The van der Waals surface area contributed by atoms with Crippen molar-refractivity contribution in [2.24, 2.45) is 7.05 Å². The molecule has 0 fully saturated rings. The highest BCUT2D eigenvalue weighted by Crippen LogP contribution is 2.32. The highest BCUT2D eigenvalue weighted by Gasteiger charge is 2.33. The topological polar surface area (TPSA) is 97.6 Å². The average molecular weight is 467 g/mol. The summed E-state index contributed by atoms with van der Waals surface area (Å²) in [5.41, 5.74) is 1.31. The number of carbonyl (C=O) groups is 1. The third-order valence-electron chi connectivity index (χ3n) is 4.92. The Morgan fingerprint density at radius 3 is 2.32 bits per heavy atom. The third-order valence-corrected chi connectivity index (χ3v) is 4.92. The number of anilines is 3. The zero-order chi connectivity index (χ0) is 24.3. The van der Waals surface area contributed by atoms with Crippen LogP contribution in [-0.2, 0) is 24.4 Å². The summed E-state index contributed by atoms with van der Waals surface area (Å²) in [5.74, 6) is 0.601. The number of aryl methyl sites for hydroxylation is 2. The van der Waals surface area contributed by atoms with Crippen LogP contribution in [0.5, 0.6) is 0 Å². The second-order valence-corrected chi connectivity index (χ2v) is 7.62. The van der Waals surface area contributed by atoms with Gasteiger partial charge in [0, 0.05) is 36.9 Å². The molecule has 0 bridgehead atoms. The molecule has 4 aromatic rings. The maximum Gasteiger partial charge on any atom is 0.418 e. The minimum absolute atomic E-state index is 0.00105. The van der Waals surface area contributed by atoms with Gasteiger partial charge in [-0.1, -0.05) is 24.3 Å². The smallest absolute Gasteiger partial charge is 0.338 e. The van der Waals surface area contributed by atoms with Crippen molar-refractivity contribution in [2.75, 3.05) is 10.6 Å². The largest absolute Gasteiger partial charge is 0.418 e. The Bertz CT molecular complexity index is 1300. The number of nitrogens with one attached hydrogen (secondary N) is 2. The normalized spacial score (nSPS) is 11.3. The Morgan fingerprint density at radius 1 is 1.00 bits per heavy atom. The zero-order valence-electron chi connectivity index (χ0n) is 18.3. The number of carbonyl (C=O) groups excluding carboxylic acids is 1. The second kappa shape index (κ2) is 9.30. The maximum atomic E-state index is 13.0. The summed E-state index contributed by atoms with van der Waals surface area (Å²) in [5, 5.41) is 5.47. The van der Waals surface area contributed by atoms with Crippen LogP contribution in [0.25, 0.3) is 11.1 Å². The predicted molar refractivity (Wildman–Crippen MR) is 120 cm³/mol. The van der Waals surface area contributed by atoms with Gasteiger partial charge >= 0.3 is 6.18 Å². The molecular formula is C23H20F3N7O. The van der Waals surface area contributed by atoms with Crippen molar-refractivity contribution in [3.8, 4) is 11.1 Å². The van der Waals surface area contributed by atoms with Gasteiger partial charge in [0.05, 0.1) is 30.2 Å².